The molecule has 0 bridgehead atoms. The van der Waals surface area contributed by atoms with Crippen LogP contribution in [0.4, 0.5) is 5.82 Å². The summed E-state index contributed by atoms with van der Waals surface area (Å²) in [5, 5.41) is 2.88. The van der Waals surface area contributed by atoms with Crippen molar-refractivity contribution < 1.29 is 9.59 Å². The van der Waals surface area contributed by atoms with Crippen LogP contribution in [0.25, 0.3) is 6.08 Å². The molecule has 2 N–H and O–H groups in total. The molecule has 1 saturated heterocycles. The second-order valence-corrected chi connectivity index (χ2v) is 4.74. The SMILES string of the molecule is C=Cc1cc[nH]c1/N=C(\C)C(=O)NC1CCN(C=O)C1. The largest absolute Gasteiger partial charge is 0.346 e. The number of likely N-dealkylation sites (tertiary alicyclic amines) is 1. The van der Waals surface area contributed by atoms with Gasteiger partial charge >= 0.3 is 0 Å². The highest BCUT2D eigenvalue weighted by atomic mass is 16.2. The molecule has 20 heavy (non-hydrogen) atoms. The molecule has 1 aliphatic rings. The molecule has 6 heteroatoms. The maximum atomic E-state index is 12.0. The summed E-state index contributed by atoms with van der Waals surface area (Å²) in [7, 11) is 0. The molecule has 1 aromatic rings. The van der Waals surface area contributed by atoms with Crippen LogP contribution < -0.4 is 5.32 Å². The minimum absolute atomic E-state index is 0.000339. The molecule has 106 valence electrons. The third-order valence-corrected chi connectivity index (χ3v) is 3.29. The van der Waals surface area contributed by atoms with Crippen molar-refractivity contribution in [3.05, 3.63) is 24.4 Å². The third kappa shape index (κ3) is 3.14. The first-order valence-electron chi connectivity index (χ1n) is 6.49. The summed E-state index contributed by atoms with van der Waals surface area (Å²) in [5.41, 5.74) is 1.23. The topological polar surface area (TPSA) is 77.6 Å². The second-order valence-electron chi connectivity index (χ2n) is 4.74. The van der Waals surface area contributed by atoms with Gasteiger partial charge in [-0.3, -0.25) is 9.59 Å². The van der Waals surface area contributed by atoms with Crippen molar-refractivity contribution in [2.24, 2.45) is 4.99 Å². The summed E-state index contributed by atoms with van der Waals surface area (Å²) < 4.78 is 0. The number of aliphatic imine (C=N–C) groups is 1. The zero-order chi connectivity index (χ0) is 14.5. The lowest BCUT2D eigenvalue weighted by Gasteiger charge is -2.12. The van der Waals surface area contributed by atoms with Gasteiger partial charge in [0.1, 0.15) is 11.5 Å². The summed E-state index contributed by atoms with van der Waals surface area (Å²) in [4.78, 5) is 31.5. The number of hydrogen-bond acceptors (Lipinski definition) is 3. The van der Waals surface area contributed by atoms with Crippen LogP contribution in [-0.4, -0.2) is 47.0 Å². The van der Waals surface area contributed by atoms with Gasteiger partial charge in [0.05, 0.1) is 0 Å². The van der Waals surface area contributed by atoms with Gasteiger partial charge in [-0.2, -0.15) is 0 Å². The summed E-state index contributed by atoms with van der Waals surface area (Å²) in [6, 6.07) is 1.84. The number of amides is 2. The van der Waals surface area contributed by atoms with E-state index in [4.69, 9.17) is 0 Å². The lowest BCUT2D eigenvalue weighted by Crippen LogP contribution is -2.40. The predicted octanol–water partition coefficient (Wildman–Crippen LogP) is 1.10. The normalized spacial score (nSPS) is 18.9. The fraction of sp³-hybridized carbons (Fsp3) is 0.357. The smallest absolute Gasteiger partial charge is 0.265 e. The number of nitrogens with zero attached hydrogens (tertiary/aromatic N) is 2. The lowest BCUT2D eigenvalue weighted by molar-refractivity contribution is -0.118. The van der Waals surface area contributed by atoms with E-state index in [0.29, 0.717) is 24.6 Å². The van der Waals surface area contributed by atoms with E-state index in [1.807, 2.05) is 6.07 Å². The van der Waals surface area contributed by atoms with E-state index >= 15 is 0 Å². The number of aromatic amines is 1. The van der Waals surface area contributed by atoms with E-state index in [1.165, 1.54) is 0 Å². The van der Waals surface area contributed by atoms with E-state index in [2.05, 4.69) is 21.9 Å². The molecule has 6 nitrogen and oxygen atoms in total. The monoisotopic (exact) mass is 274 g/mol. The van der Waals surface area contributed by atoms with E-state index in [9.17, 15) is 9.59 Å². The minimum atomic E-state index is -0.215. The average Bonchev–Trinajstić information content (AvgIpc) is 3.07. The molecule has 1 atom stereocenters. The Kier molecular flexibility index (Phi) is 4.34. The molecule has 2 rings (SSSR count). The Hall–Kier alpha value is -2.37. The number of carbonyl (C=O) groups is 2. The van der Waals surface area contributed by atoms with Crippen LogP contribution in [0.5, 0.6) is 0 Å². The lowest BCUT2D eigenvalue weighted by atomic mass is 10.2. The zero-order valence-electron chi connectivity index (χ0n) is 11.4. The van der Waals surface area contributed by atoms with Crippen LogP contribution in [0.3, 0.4) is 0 Å². The summed E-state index contributed by atoms with van der Waals surface area (Å²) >= 11 is 0. The van der Waals surface area contributed by atoms with E-state index in [-0.39, 0.29) is 11.9 Å². The van der Waals surface area contributed by atoms with Gasteiger partial charge in [-0.05, 0) is 19.4 Å². The Labute approximate surface area is 117 Å². The van der Waals surface area contributed by atoms with Crippen LogP contribution >= 0.6 is 0 Å². The molecular weight excluding hydrogens is 256 g/mol. The molecule has 0 saturated carbocycles. The molecular formula is C14H18N4O2. The van der Waals surface area contributed by atoms with Crippen molar-refractivity contribution in [2.75, 3.05) is 13.1 Å². The van der Waals surface area contributed by atoms with Gasteiger partial charge in [-0.25, -0.2) is 4.99 Å². The van der Waals surface area contributed by atoms with Crippen molar-refractivity contribution in [3.8, 4) is 0 Å². The molecule has 1 aliphatic heterocycles. The second kappa shape index (κ2) is 6.18. The van der Waals surface area contributed by atoms with Crippen molar-refractivity contribution >= 4 is 29.9 Å². The zero-order valence-corrected chi connectivity index (χ0v) is 11.4. The van der Waals surface area contributed by atoms with Gasteiger partial charge in [0.15, 0.2) is 0 Å². The van der Waals surface area contributed by atoms with Crippen LogP contribution in [0.1, 0.15) is 18.9 Å². The quantitative estimate of drug-likeness (QED) is 0.623. The Morgan fingerprint density at radius 1 is 1.65 bits per heavy atom. The molecule has 1 aromatic heterocycles. The van der Waals surface area contributed by atoms with Crippen molar-refractivity contribution in [3.63, 3.8) is 0 Å². The highest BCUT2D eigenvalue weighted by Crippen LogP contribution is 2.17. The Balaban J connectivity index is 1.98. The minimum Gasteiger partial charge on any atom is -0.346 e. The summed E-state index contributed by atoms with van der Waals surface area (Å²) in [6.45, 7) is 6.59. The van der Waals surface area contributed by atoms with Gasteiger partial charge < -0.3 is 15.2 Å². The van der Waals surface area contributed by atoms with Gasteiger partial charge in [0, 0.05) is 30.9 Å². The maximum Gasteiger partial charge on any atom is 0.265 e. The van der Waals surface area contributed by atoms with E-state index < -0.39 is 0 Å². The molecule has 0 aromatic carbocycles. The molecule has 2 heterocycles. The molecule has 0 aliphatic carbocycles. The fourth-order valence-electron chi connectivity index (χ4n) is 2.14. The average molecular weight is 274 g/mol. The predicted molar refractivity (Wildman–Crippen MR) is 77.8 cm³/mol. The molecule has 2 amide bonds. The van der Waals surface area contributed by atoms with Crippen LogP contribution in [0.15, 0.2) is 23.8 Å². The third-order valence-electron chi connectivity index (χ3n) is 3.29. The van der Waals surface area contributed by atoms with E-state index in [0.717, 1.165) is 18.4 Å². The first-order valence-corrected chi connectivity index (χ1v) is 6.49. The van der Waals surface area contributed by atoms with Gasteiger partial charge in [0.2, 0.25) is 6.41 Å². The molecule has 0 radical (unpaired) electrons. The van der Waals surface area contributed by atoms with Gasteiger partial charge in [-0.1, -0.05) is 12.7 Å². The van der Waals surface area contributed by atoms with E-state index in [1.54, 1.807) is 24.1 Å². The van der Waals surface area contributed by atoms with Gasteiger partial charge in [0.25, 0.3) is 5.91 Å². The first-order chi connectivity index (χ1) is 9.63. The Morgan fingerprint density at radius 2 is 2.45 bits per heavy atom. The standard InChI is InChI=1S/C14H18N4O2/c1-3-11-4-6-15-13(11)16-10(2)14(20)17-12-5-7-18(8-12)9-19/h3-4,6,9,12,15H,1,5,7-8H2,2H3,(H,17,20)/b16-10+. The number of hydrogen-bond donors (Lipinski definition) is 2. The highest BCUT2D eigenvalue weighted by Gasteiger charge is 2.23. The number of rotatable bonds is 5. The first kappa shape index (κ1) is 14.0. The fourth-order valence-corrected chi connectivity index (χ4v) is 2.14. The van der Waals surface area contributed by atoms with Gasteiger partial charge in [-0.15, -0.1) is 0 Å². The number of carbonyl (C=O) groups excluding carboxylic acids is 2. The Bertz CT molecular complexity index is 547. The summed E-state index contributed by atoms with van der Waals surface area (Å²) in [5.74, 6) is 0.404. The van der Waals surface area contributed by atoms with Crippen molar-refractivity contribution in [1.29, 1.82) is 0 Å². The number of nitrogens with one attached hydrogen (secondary N) is 2. The Morgan fingerprint density at radius 3 is 3.10 bits per heavy atom. The number of H-pyrrole nitrogens is 1. The number of aromatic nitrogens is 1. The van der Waals surface area contributed by atoms with Crippen molar-refractivity contribution in [1.82, 2.24) is 15.2 Å². The highest BCUT2D eigenvalue weighted by molar-refractivity contribution is 6.38. The van der Waals surface area contributed by atoms with Crippen LogP contribution in [0.2, 0.25) is 0 Å². The van der Waals surface area contributed by atoms with Crippen LogP contribution in [0, 0.1) is 0 Å². The molecule has 0 spiro atoms. The summed E-state index contributed by atoms with van der Waals surface area (Å²) in [6.07, 6.45) is 5.01. The van der Waals surface area contributed by atoms with Crippen LogP contribution in [-0.2, 0) is 9.59 Å². The molecule has 1 fully saturated rings. The van der Waals surface area contributed by atoms with Crippen molar-refractivity contribution in [2.45, 2.75) is 19.4 Å². The molecule has 1 unspecified atom stereocenters. The maximum absolute atomic E-state index is 12.0.